The van der Waals surface area contributed by atoms with Gasteiger partial charge in [-0.05, 0) is 44.4 Å². The van der Waals surface area contributed by atoms with Crippen LogP contribution in [0.2, 0.25) is 0 Å². The predicted molar refractivity (Wildman–Crippen MR) is 130 cm³/mol. The molecule has 3 rings (SSSR count). The van der Waals surface area contributed by atoms with Gasteiger partial charge in [0.2, 0.25) is 0 Å². The van der Waals surface area contributed by atoms with Crippen LogP contribution in [0.15, 0.2) is 35.5 Å². The van der Waals surface area contributed by atoms with Gasteiger partial charge in [-0.2, -0.15) is 0 Å². The number of nitrogens with zero attached hydrogens (tertiary/aromatic N) is 3. The van der Waals surface area contributed by atoms with E-state index in [-0.39, 0.29) is 29.8 Å². The Morgan fingerprint density at radius 1 is 1.28 bits per heavy atom. The van der Waals surface area contributed by atoms with Gasteiger partial charge in [-0.25, -0.2) is 9.37 Å². The molecule has 0 atom stereocenters. The number of thiazole rings is 1. The molecule has 1 aliphatic rings. The molecule has 1 aromatic heterocycles. The fraction of sp³-hybridized carbons (Fsp3) is 0.524. The minimum atomic E-state index is -0.174. The quantitative estimate of drug-likeness (QED) is 0.323. The third-order valence-corrected chi connectivity index (χ3v) is 5.83. The normalized spacial score (nSPS) is 15.8. The maximum atomic E-state index is 13.0. The van der Waals surface area contributed by atoms with Crippen LogP contribution in [0.1, 0.15) is 35.2 Å². The van der Waals surface area contributed by atoms with E-state index in [1.54, 1.807) is 11.3 Å². The van der Waals surface area contributed by atoms with Crippen LogP contribution >= 0.6 is 35.3 Å². The van der Waals surface area contributed by atoms with Gasteiger partial charge in [-0.1, -0.05) is 12.1 Å². The fourth-order valence-corrected chi connectivity index (χ4v) is 4.15. The molecule has 0 radical (unpaired) electrons. The number of aryl methyl sites for hydroxylation is 1. The molecule has 5 nitrogen and oxygen atoms in total. The number of guanidine groups is 1. The molecule has 2 N–H and O–H groups in total. The van der Waals surface area contributed by atoms with Crippen LogP contribution in [0.4, 0.5) is 4.39 Å². The first-order valence-electron chi connectivity index (χ1n) is 10.1. The maximum Gasteiger partial charge on any atom is 0.191 e. The lowest BCUT2D eigenvalue weighted by atomic mass is 10.0. The standard InChI is InChI=1S/C21H30FN5S.HI/c1-3-23-21(24-11-8-20-25-14-16(2)28-20)26-19-9-12-27(13-10-19)15-17-4-6-18(22)7-5-17;/h4-7,14,19H,3,8-13,15H2,1-2H3,(H2,23,24,26);1H. The van der Waals surface area contributed by atoms with Crippen molar-refractivity contribution in [2.45, 2.75) is 45.7 Å². The topological polar surface area (TPSA) is 52.6 Å². The van der Waals surface area contributed by atoms with Crippen LogP contribution in [0, 0.1) is 12.7 Å². The Morgan fingerprint density at radius 2 is 2.00 bits per heavy atom. The number of piperidine rings is 1. The highest BCUT2D eigenvalue weighted by Crippen LogP contribution is 2.15. The average molecular weight is 531 g/mol. The van der Waals surface area contributed by atoms with Crippen molar-refractivity contribution in [3.8, 4) is 0 Å². The Balaban J connectivity index is 0.00000300. The molecule has 1 saturated heterocycles. The van der Waals surface area contributed by atoms with Gasteiger partial charge in [0.05, 0.1) is 5.01 Å². The minimum Gasteiger partial charge on any atom is -0.357 e. The largest absolute Gasteiger partial charge is 0.357 e. The van der Waals surface area contributed by atoms with Gasteiger partial charge in [0.15, 0.2) is 5.96 Å². The van der Waals surface area contributed by atoms with Crippen LogP contribution in [0.5, 0.6) is 0 Å². The summed E-state index contributed by atoms with van der Waals surface area (Å²) >= 11 is 1.74. The van der Waals surface area contributed by atoms with Gasteiger partial charge in [0.1, 0.15) is 5.82 Å². The Bertz CT molecular complexity index is 757. The second kappa shape index (κ2) is 12.4. The SMILES string of the molecule is CCNC(=NCCc1ncc(C)s1)NC1CCN(Cc2ccc(F)cc2)CC1.I. The lowest BCUT2D eigenvalue weighted by Gasteiger charge is -2.33. The predicted octanol–water partition coefficient (Wildman–Crippen LogP) is 3.97. The third kappa shape index (κ3) is 8.18. The zero-order valence-electron chi connectivity index (χ0n) is 17.2. The summed E-state index contributed by atoms with van der Waals surface area (Å²) in [7, 11) is 0. The van der Waals surface area contributed by atoms with Crippen LogP contribution < -0.4 is 10.6 Å². The summed E-state index contributed by atoms with van der Waals surface area (Å²) in [4.78, 5) is 12.8. The Morgan fingerprint density at radius 3 is 2.62 bits per heavy atom. The molecule has 0 bridgehead atoms. The first-order valence-corrected chi connectivity index (χ1v) is 10.9. The molecule has 0 amide bonds. The highest BCUT2D eigenvalue weighted by molar-refractivity contribution is 14.0. The van der Waals surface area contributed by atoms with Crippen molar-refractivity contribution in [1.29, 1.82) is 0 Å². The molecule has 2 heterocycles. The van der Waals surface area contributed by atoms with Crippen LogP contribution in [-0.2, 0) is 13.0 Å². The fourth-order valence-electron chi connectivity index (χ4n) is 3.38. The van der Waals surface area contributed by atoms with Crippen molar-refractivity contribution in [1.82, 2.24) is 20.5 Å². The van der Waals surface area contributed by atoms with E-state index in [0.29, 0.717) is 6.04 Å². The summed E-state index contributed by atoms with van der Waals surface area (Å²) in [5.41, 5.74) is 1.17. The zero-order valence-corrected chi connectivity index (χ0v) is 20.3. The van der Waals surface area contributed by atoms with Crippen LogP contribution in [0.3, 0.4) is 0 Å². The van der Waals surface area contributed by atoms with Crippen LogP contribution in [0.25, 0.3) is 0 Å². The molecule has 8 heteroatoms. The zero-order chi connectivity index (χ0) is 19.8. The summed E-state index contributed by atoms with van der Waals surface area (Å²) in [5, 5.41) is 8.08. The highest BCUT2D eigenvalue weighted by atomic mass is 127. The van der Waals surface area contributed by atoms with Crippen molar-refractivity contribution < 1.29 is 4.39 Å². The molecule has 0 unspecified atom stereocenters. The molecule has 0 spiro atoms. The van der Waals surface area contributed by atoms with Gasteiger partial charge in [-0.15, -0.1) is 35.3 Å². The Hall–Kier alpha value is -1.26. The molecule has 1 fully saturated rings. The first-order chi connectivity index (χ1) is 13.6. The second-order valence-electron chi connectivity index (χ2n) is 7.20. The second-order valence-corrected chi connectivity index (χ2v) is 8.52. The summed E-state index contributed by atoms with van der Waals surface area (Å²) < 4.78 is 13.0. The number of hydrogen-bond donors (Lipinski definition) is 2. The van der Waals surface area contributed by atoms with E-state index in [2.05, 4.69) is 34.4 Å². The monoisotopic (exact) mass is 531 g/mol. The Kier molecular flexibility index (Phi) is 10.3. The van der Waals surface area contributed by atoms with E-state index < -0.39 is 0 Å². The highest BCUT2D eigenvalue weighted by Gasteiger charge is 2.20. The van der Waals surface area contributed by atoms with E-state index in [4.69, 9.17) is 4.99 Å². The number of benzene rings is 1. The molecular weight excluding hydrogens is 500 g/mol. The van der Waals surface area contributed by atoms with E-state index in [0.717, 1.165) is 63.0 Å². The van der Waals surface area contributed by atoms with Gasteiger partial charge in [0, 0.05) is 56.3 Å². The smallest absolute Gasteiger partial charge is 0.191 e. The van der Waals surface area contributed by atoms with Gasteiger partial charge < -0.3 is 10.6 Å². The molecule has 160 valence electrons. The maximum absolute atomic E-state index is 13.0. The molecule has 2 aromatic rings. The lowest BCUT2D eigenvalue weighted by molar-refractivity contribution is 0.198. The van der Waals surface area contributed by atoms with Crippen LogP contribution in [-0.4, -0.2) is 48.1 Å². The number of likely N-dealkylation sites (tertiary alicyclic amines) is 1. The number of rotatable bonds is 7. The van der Waals surface area contributed by atoms with Gasteiger partial charge in [-0.3, -0.25) is 9.89 Å². The molecule has 1 aliphatic heterocycles. The van der Waals surface area contributed by atoms with Gasteiger partial charge in [0.25, 0.3) is 0 Å². The van der Waals surface area contributed by atoms with Gasteiger partial charge >= 0.3 is 0 Å². The number of halogens is 2. The number of hydrogen-bond acceptors (Lipinski definition) is 4. The summed E-state index contributed by atoms with van der Waals surface area (Å²) in [5.74, 6) is 0.722. The van der Waals surface area contributed by atoms with Crippen molar-refractivity contribution in [3.63, 3.8) is 0 Å². The first kappa shape index (κ1) is 24.0. The molecule has 29 heavy (non-hydrogen) atoms. The average Bonchev–Trinajstić information content (AvgIpc) is 3.10. The molecule has 1 aromatic carbocycles. The summed E-state index contributed by atoms with van der Waals surface area (Å²) in [6.45, 7) is 8.72. The van der Waals surface area contributed by atoms with Crippen molar-refractivity contribution in [2.75, 3.05) is 26.2 Å². The molecule has 0 saturated carbocycles. The molecular formula is C21H31FIN5S. The summed E-state index contributed by atoms with van der Waals surface area (Å²) in [6, 6.07) is 7.26. The summed E-state index contributed by atoms with van der Waals surface area (Å²) in [6.07, 6.45) is 4.96. The minimum absolute atomic E-state index is 0. The lowest BCUT2D eigenvalue weighted by Crippen LogP contribution is -2.48. The van der Waals surface area contributed by atoms with Crippen molar-refractivity contribution >= 4 is 41.3 Å². The van der Waals surface area contributed by atoms with E-state index in [1.807, 2.05) is 18.3 Å². The number of aromatic nitrogens is 1. The number of nitrogens with one attached hydrogen (secondary N) is 2. The Labute approximate surface area is 194 Å². The third-order valence-electron chi connectivity index (χ3n) is 4.86. The van der Waals surface area contributed by atoms with E-state index in [9.17, 15) is 4.39 Å². The van der Waals surface area contributed by atoms with E-state index in [1.165, 1.54) is 22.6 Å². The number of aliphatic imine (C=N–C) groups is 1. The van der Waals surface area contributed by atoms with Crippen molar-refractivity contribution in [3.05, 3.63) is 51.7 Å². The van der Waals surface area contributed by atoms with Crippen molar-refractivity contribution in [2.24, 2.45) is 4.99 Å². The molecule has 0 aliphatic carbocycles. The van der Waals surface area contributed by atoms with E-state index >= 15 is 0 Å².